The first-order valence-electron chi connectivity index (χ1n) is 8.38. The molecule has 0 aliphatic heterocycles. The fraction of sp³-hybridized carbons (Fsp3) is 1.00. The third-order valence-electron chi connectivity index (χ3n) is 3.85. The van der Waals surface area contributed by atoms with Crippen LogP contribution in [-0.4, -0.2) is 80.0 Å². The zero-order valence-electron chi connectivity index (χ0n) is 15.1. The first kappa shape index (κ1) is 24.4. The Morgan fingerprint density at radius 1 is 0.840 bits per heavy atom. The summed E-state index contributed by atoms with van der Waals surface area (Å²) >= 11 is 0. The number of rotatable bonds is 12. The highest BCUT2D eigenvalue weighted by molar-refractivity contribution is 4.73. The Bertz CT molecular complexity index is 346. The molecule has 0 radical (unpaired) electrons. The van der Waals surface area contributed by atoms with Crippen LogP contribution in [0.1, 0.15) is 27.2 Å². The van der Waals surface area contributed by atoms with Crippen LogP contribution in [0, 0.1) is 0 Å². The Morgan fingerprint density at radius 2 is 1.36 bits per heavy atom. The van der Waals surface area contributed by atoms with E-state index in [0.29, 0.717) is 19.5 Å². The summed E-state index contributed by atoms with van der Waals surface area (Å²) in [5, 5.41) is 3.00. The van der Waals surface area contributed by atoms with Crippen molar-refractivity contribution in [1.29, 1.82) is 0 Å². The summed E-state index contributed by atoms with van der Waals surface area (Å²) < 4.78 is 75.0. The molecule has 0 aliphatic carbocycles. The van der Waals surface area contributed by atoms with Gasteiger partial charge in [0.1, 0.15) is 0 Å². The topological polar surface area (TPSA) is 44.5 Å². The molecule has 4 nitrogen and oxygen atoms in total. The number of nitrogens with two attached hydrogens (primary N) is 1. The number of nitrogens with one attached hydrogen (secondary N) is 1. The fourth-order valence-electron chi connectivity index (χ4n) is 2.44. The van der Waals surface area contributed by atoms with Gasteiger partial charge >= 0.3 is 12.4 Å². The Balaban J connectivity index is 4.19. The van der Waals surface area contributed by atoms with Gasteiger partial charge in [0.05, 0.1) is 13.1 Å². The van der Waals surface area contributed by atoms with Gasteiger partial charge < -0.3 is 11.1 Å². The summed E-state index contributed by atoms with van der Waals surface area (Å²) in [6.07, 6.45) is -8.08. The second kappa shape index (κ2) is 11.2. The molecule has 0 aromatic rings. The van der Waals surface area contributed by atoms with Crippen LogP contribution >= 0.6 is 0 Å². The number of halogens is 6. The molecule has 0 aliphatic rings. The normalized spacial score (nSPS) is 14.8. The molecular formula is C15H30F6N4. The maximum atomic E-state index is 12.5. The highest BCUT2D eigenvalue weighted by Crippen LogP contribution is 2.19. The Hall–Kier alpha value is -0.580. The van der Waals surface area contributed by atoms with E-state index in [1.165, 1.54) is 9.80 Å². The quantitative estimate of drug-likeness (QED) is 0.403. The summed E-state index contributed by atoms with van der Waals surface area (Å²) in [5.74, 6) is 0. The van der Waals surface area contributed by atoms with E-state index < -0.39 is 25.4 Å². The van der Waals surface area contributed by atoms with E-state index in [4.69, 9.17) is 5.73 Å². The van der Waals surface area contributed by atoms with Gasteiger partial charge in [0, 0.05) is 38.3 Å². The van der Waals surface area contributed by atoms with E-state index in [9.17, 15) is 26.3 Å². The summed E-state index contributed by atoms with van der Waals surface area (Å²) in [5.41, 5.74) is 5.35. The van der Waals surface area contributed by atoms with Gasteiger partial charge in [0.25, 0.3) is 0 Å². The molecule has 0 aromatic carbocycles. The third-order valence-corrected chi connectivity index (χ3v) is 3.85. The van der Waals surface area contributed by atoms with Gasteiger partial charge in [-0.25, -0.2) is 0 Å². The van der Waals surface area contributed by atoms with Crippen molar-refractivity contribution in [1.82, 2.24) is 15.1 Å². The molecule has 0 heterocycles. The summed E-state index contributed by atoms with van der Waals surface area (Å²) in [7, 11) is 0. The van der Waals surface area contributed by atoms with Crippen LogP contribution in [0.15, 0.2) is 0 Å². The van der Waals surface area contributed by atoms with Gasteiger partial charge in [-0.3, -0.25) is 9.80 Å². The predicted molar refractivity (Wildman–Crippen MR) is 86.4 cm³/mol. The smallest absolute Gasteiger partial charge is 0.329 e. The maximum absolute atomic E-state index is 12.5. The second-order valence-corrected chi connectivity index (χ2v) is 6.44. The van der Waals surface area contributed by atoms with Crippen molar-refractivity contribution >= 4 is 0 Å². The van der Waals surface area contributed by atoms with Crippen molar-refractivity contribution in [2.75, 3.05) is 45.8 Å². The van der Waals surface area contributed by atoms with Crippen molar-refractivity contribution in [3.63, 3.8) is 0 Å². The van der Waals surface area contributed by atoms with Crippen LogP contribution < -0.4 is 11.1 Å². The van der Waals surface area contributed by atoms with Crippen LogP contribution in [-0.2, 0) is 0 Å². The molecule has 0 saturated heterocycles. The van der Waals surface area contributed by atoms with Gasteiger partial charge in [-0.2, -0.15) is 26.3 Å². The van der Waals surface area contributed by atoms with Gasteiger partial charge in [-0.15, -0.1) is 0 Å². The molecule has 0 rings (SSSR count). The Kier molecular flexibility index (Phi) is 10.9. The van der Waals surface area contributed by atoms with E-state index in [-0.39, 0.29) is 31.7 Å². The molecule has 0 spiro atoms. The van der Waals surface area contributed by atoms with E-state index in [1.807, 2.05) is 0 Å². The Morgan fingerprint density at radius 3 is 1.80 bits per heavy atom. The summed E-state index contributed by atoms with van der Waals surface area (Å²) in [6.45, 7) is 4.35. The molecule has 1 unspecified atom stereocenters. The minimum absolute atomic E-state index is 0.134. The average molecular weight is 380 g/mol. The zero-order valence-corrected chi connectivity index (χ0v) is 15.1. The molecule has 25 heavy (non-hydrogen) atoms. The lowest BCUT2D eigenvalue weighted by Crippen LogP contribution is -2.45. The molecule has 0 fully saturated rings. The lowest BCUT2D eigenvalue weighted by Gasteiger charge is -2.30. The van der Waals surface area contributed by atoms with Crippen LogP contribution in [0.4, 0.5) is 26.3 Å². The van der Waals surface area contributed by atoms with Crippen molar-refractivity contribution < 1.29 is 26.3 Å². The van der Waals surface area contributed by atoms with Gasteiger partial charge in [-0.05, 0) is 33.7 Å². The molecule has 152 valence electrons. The minimum atomic E-state index is -4.29. The molecule has 0 amide bonds. The van der Waals surface area contributed by atoms with Crippen LogP contribution in [0.2, 0.25) is 0 Å². The standard InChI is InChI=1S/C15H30F6N4/c1-12(2)24(10-14(16,17)18)9-7-23-6-4-13(3)25(8-5-22)11-15(19,20)21/h12-13,23H,4-11,22H2,1-3H3. The van der Waals surface area contributed by atoms with Crippen molar-refractivity contribution in [2.45, 2.75) is 51.6 Å². The highest BCUT2D eigenvalue weighted by Gasteiger charge is 2.32. The average Bonchev–Trinajstić information content (AvgIpc) is 2.42. The third kappa shape index (κ3) is 13.3. The van der Waals surface area contributed by atoms with Crippen LogP contribution in [0.3, 0.4) is 0 Å². The van der Waals surface area contributed by atoms with E-state index >= 15 is 0 Å². The fourth-order valence-corrected chi connectivity index (χ4v) is 2.44. The molecule has 0 aromatic heterocycles. The monoisotopic (exact) mass is 380 g/mol. The van der Waals surface area contributed by atoms with E-state index in [2.05, 4.69) is 5.32 Å². The number of nitrogens with zero attached hydrogens (tertiary/aromatic N) is 2. The number of hydrogen-bond acceptors (Lipinski definition) is 4. The zero-order chi connectivity index (χ0) is 19.7. The lowest BCUT2D eigenvalue weighted by molar-refractivity contribution is -0.150. The van der Waals surface area contributed by atoms with Crippen molar-refractivity contribution in [3.05, 3.63) is 0 Å². The van der Waals surface area contributed by atoms with E-state index in [0.717, 1.165) is 0 Å². The van der Waals surface area contributed by atoms with Crippen LogP contribution in [0.25, 0.3) is 0 Å². The summed E-state index contributed by atoms with van der Waals surface area (Å²) in [4.78, 5) is 2.58. The van der Waals surface area contributed by atoms with E-state index in [1.54, 1.807) is 20.8 Å². The second-order valence-electron chi connectivity index (χ2n) is 6.44. The van der Waals surface area contributed by atoms with Gasteiger partial charge in [0.15, 0.2) is 0 Å². The molecule has 10 heteroatoms. The first-order valence-corrected chi connectivity index (χ1v) is 8.38. The highest BCUT2D eigenvalue weighted by atomic mass is 19.4. The first-order chi connectivity index (χ1) is 11.4. The summed E-state index contributed by atoms with van der Waals surface area (Å²) in [6, 6.07) is -0.566. The molecule has 3 N–H and O–H groups in total. The maximum Gasteiger partial charge on any atom is 0.401 e. The largest absolute Gasteiger partial charge is 0.401 e. The van der Waals surface area contributed by atoms with Gasteiger partial charge in [-0.1, -0.05) is 0 Å². The van der Waals surface area contributed by atoms with Crippen molar-refractivity contribution in [2.24, 2.45) is 5.73 Å². The number of alkyl halides is 6. The molecular weight excluding hydrogens is 350 g/mol. The lowest BCUT2D eigenvalue weighted by atomic mass is 10.2. The van der Waals surface area contributed by atoms with Crippen LogP contribution in [0.5, 0.6) is 0 Å². The molecule has 0 saturated carbocycles. The SMILES string of the molecule is CC(C)N(CCNCCC(C)N(CCN)CC(F)(F)F)CC(F)(F)F. The molecule has 1 atom stereocenters. The minimum Gasteiger partial charge on any atom is -0.329 e. The molecule has 0 bridgehead atoms. The van der Waals surface area contributed by atoms with Crippen molar-refractivity contribution in [3.8, 4) is 0 Å². The Labute approximate surface area is 145 Å². The predicted octanol–water partition coefficient (Wildman–Crippen LogP) is 2.45. The van der Waals surface area contributed by atoms with Gasteiger partial charge in [0.2, 0.25) is 0 Å². The number of hydrogen-bond donors (Lipinski definition) is 2.